The number of aromatic nitrogens is 2. The smallest absolute Gasteiger partial charge is 0.256 e. The molecule has 0 saturated carbocycles. The summed E-state index contributed by atoms with van der Waals surface area (Å²) in [5.74, 6) is 0.441. The van der Waals surface area contributed by atoms with Crippen molar-refractivity contribution in [2.75, 3.05) is 4.72 Å². The molecule has 0 bridgehead atoms. The van der Waals surface area contributed by atoms with Gasteiger partial charge in [-0.05, 0) is 25.5 Å². The lowest BCUT2D eigenvalue weighted by molar-refractivity contribution is 0.608. The molecule has 0 unspecified atom stereocenters. The van der Waals surface area contributed by atoms with E-state index in [1.165, 1.54) is 4.68 Å². The van der Waals surface area contributed by atoms with Crippen LogP contribution in [0.3, 0.4) is 0 Å². The lowest BCUT2D eigenvalue weighted by Crippen LogP contribution is -2.12. The minimum Gasteiger partial charge on any atom is -0.264 e. The summed E-state index contributed by atoms with van der Waals surface area (Å²) in [6.45, 7) is 3.79. The normalized spacial score (nSPS) is 11.9. The van der Waals surface area contributed by atoms with Gasteiger partial charge in [-0.2, -0.15) is 5.10 Å². The van der Waals surface area contributed by atoms with E-state index in [0.717, 1.165) is 22.2 Å². The number of sulfonamides is 1. The fourth-order valence-corrected chi connectivity index (χ4v) is 2.62. The molecule has 0 spiro atoms. The largest absolute Gasteiger partial charge is 0.264 e. The second-order valence-electron chi connectivity index (χ2n) is 4.66. The first-order valence-electron chi connectivity index (χ1n) is 6.14. The van der Waals surface area contributed by atoms with E-state index < -0.39 is 10.0 Å². The highest BCUT2D eigenvalue weighted by atomic mass is 32.2. The van der Waals surface area contributed by atoms with Gasteiger partial charge in [-0.15, -0.1) is 0 Å². The molecule has 1 N–H and O–H groups in total. The monoisotopic (exact) mass is 291 g/mol. The second kappa shape index (κ2) is 5.50. The van der Waals surface area contributed by atoms with Crippen molar-refractivity contribution in [3.05, 3.63) is 52.6 Å². The van der Waals surface area contributed by atoms with Crippen LogP contribution in [0.4, 0.5) is 5.82 Å². The highest BCUT2D eigenvalue weighted by Gasteiger charge is 2.09. The van der Waals surface area contributed by atoms with Gasteiger partial charge in [0, 0.05) is 13.1 Å². The Balaban J connectivity index is 2.15. The minimum absolute atomic E-state index is 0.441. The van der Waals surface area contributed by atoms with Crippen LogP contribution >= 0.6 is 0 Å². The molecule has 0 radical (unpaired) electrons. The average molecular weight is 291 g/mol. The summed E-state index contributed by atoms with van der Waals surface area (Å²) in [5.41, 5.74) is 2.73. The highest BCUT2D eigenvalue weighted by Crippen LogP contribution is 2.12. The van der Waals surface area contributed by atoms with E-state index in [1.807, 2.05) is 31.2 Å². The van der Waals surface area contributed by atoms with Crippen LogP contribution in [-0.4, -0.2) is 18.2 Å². The predicted octanol–water partition coefficient (Wildman–Crippen LogP) is 2.45. The van der Waals surface area contributed by atoms with Gasteiger partial charge in [-0.1, -0.05) is 29.8 Å². The molecule has 1 heterocycles. The third kappa shape index (κ3) is 3.71. The Kier molecular flexibility index (Phi) is 3.94. The molecule has 0 saturated heterocycles. The van der Waals surface area contributed by atoms with Crippen molar-refractivity contribution in [1.29, 1.82) is 0 Å². The molecule has 0 atom stereocenters. The van der Waals surface area contributed by atoms with E-state index in [0.29, 0.717) is 5.82 Å². The number of anilines is 1. The quantitative estimate of drug-likeness (QED) is 0.941. The molecular weight excluding hydrogens is 274 g/mol. The van der Waals surface area contributed by atoms with E-state index in [-0.39, 0.29) is 0 Å². The number of hydrogen-bond donors (Lipinski definition) is 1. The van der Waals surface area contributed by atoms with Crippen LogP contribution < -0.4 is 4.72 Å². The van der Waals surface area contributed by atoms with Crippen molar-refractivity contribution in [2.24, 2.45) is 7.05 Å². The van der Waals surface area contributed by atoms with Crippen LogP contribution in [0, 0.1) is 13.8 Å². The van der Waals surface area contributed by atoms with Gasteiger partial charge in [-0.3, -0.25) is 9.40 Å². The van der Waals surface area contributed by atoms with E-state index >= 15 is 0 Å². The van der Waals surface area contributed by atoms with E-state index in [2.05, 4.69) is 9.82 Å². The molecule has 0 aliphatic rings. The van der Waals surface area contributed by atoms with Gasteiger partial charge in [0.05, 0.1) is 11.1 Å². The van der Waals surface area contributed by atoms with Gasteiger partial charge < -0.3 is 0 Å². The summed E-state index contributed by atoms with van der Waals surface area (Å²) >= 11 is 0. The van der Waals surface area contributed by atoms with Gasteiger partial charge in [0.25, 0.3) is 10.0 Å². The Labute approximate surface area is 119 Å². The van der Waals surface area contributed by atoms with Crippen LogP contribution in [0.5, 0.6) is 0 Å². The van der Waals surface area contributed by atoms with Crippen LogP contribution in [-0.2, 0) is 17.1 Å². The molecule has 2 aromatic rings. The third-order valence-electron chi connectivity index (χ3n) is 2.77. The molecular formula is C14H17N3O2S. The highest BCUT2D eigenvalue weighted by molar-refractivity contribution is 7.95. The third-order valence-corrected chi connectivity index (χ3v) is 3.75. The molecule has 0 aliphatic carbocycles. The van der Waals surface area contributed by atoms with Gasteiger partial charge in [0.15, 0.2) is 0 Å². The Morgan fingerprint density at radius 1 is 1.20 bits per heavy atom. The molecule has 106 valence electrons. The number of nitrogens with zero attached hydrogens (tertiary/aromatic N) is 2. The fraction of sp³-hybridized carbons (Fsp3) is 0.214. The van der Waals surface area contributed by atoms with Gasteiger partial charge in [0.2, 0.25) is 0 Å². The van der Waals surface area contributed by atoms with Crippen molar-refractivity contribution >= 4 is 21.9 Å². The second-order valence-corrected chi connectivity index (χ2v) is 6.22. The van der Waals surface area contributed by atoms with Crippen molar-refractivity contribution < 1.29 is 8.42 Å². The van der Waals surface area contributed by atoms with Gasteiger partial charge in [-0.25, -0.2) is 8.42 Å². The summed E-state index contributed by atoms with van der Waals surface area (Å²) in [6.07, 6.45) is 1.56. The zero-order valence-corrected chi connectivity index (χ0v) is 12.5. The Bertz CT molecular complexity index is 728. The van der Waals surface area contributed by atoms with Crippen molar-refractivity contribution in [3.8, 4) is 0 Å². The van der Waals surface area contributed by atoms with Crippen LogP contribution in [0.25, 0.3) is 6.08 Å². The molecule has 5 nitrogen and oxygen atoms in total. The maximum Gasteiger partial charge on any atom is 0.256 e. The predicted molar refractivity (Wildman–Crippen MR) is 80.7 cm³/mol. The number of nitrogens with one attached hydrogen (secondary N) is 1. The van der Waals surface area contributed by atoms with Crippen LogP contribution in [0.2, 0.25) is 0 Å². The number of rotatable bonds is 4. The van der Waals surface area contributed by atoms with E-state index in [9.17, 15) is 8.42 Å². The first kappa shape index (κ1) is 14.3. The van der Waals surface area contributed by atoms with Crippen LogP contribution in [0.1, 0.15) is 16.8 Å². The number of hydrogen-bond acceptors (Lipinski definition) is 3. The standard InChI is InChI=1S/C14H17N3O2S/c1-11-4-6-13(7-5-11)8-9-20(18,19)16-14-10-12(2)15-17(14)3/h4-10,16H,1-3H3/b9-8+. The van der Waals surface area contributed by atoms with Crippen molar-refractivity contribution in [1.82, 2.24) is 9.78 Å². The SMILES string of the molecule is Cc1ccc(/C=C/S(=O)(=O)Nc2cc(C)nn2C)cc1. The average Bonchev–Trinajstić information content (AvgIpc) is 2.66. The zero-order chi connectivity index (χ0) is 14.8. The maximum absolute atomic E-state index is 12.0. The van der Waals surface area contributed by atoms with Crippen molar-refractivity contribution in [2.45, 2.75) is 13.8 Å². The number of benzene rings is 1. The fourth-order valence-electron chi connectivity index (χ4n) is 1.73. The summed E-state index contributed by atoms with van der Waals surface area (Å²) < 4.78 is 27.9. The minimum atomic E-state index is -3.54. The van der Waals surface area contributed by atoms with Gasteiger partial charge >= 0.3 is 0 Å². The van der Waals surface area contributed by atoms with Gasteiger partial charge in [0.1, 0.15) is 5.82 Å². The number of aryl methyl sites for hydroxylation is 3. The summed E-state index contributed by atoms with van der Waals surface area (Å²) in [7, 11) is -1.85. The maximum atomic E-state index is 12.0. The Hall–Kier alpha value is -2.08. The van der Waals surface area contributed by atoms with E-state index in [1.54, 1.807) is 26.1 Å². The molecule has 20 heavy (non-hydrogen) atoms. The molecule has 0 fully saturated rings. The Morgan fingerprint density at radius 2 is 1.85 bits per heavy atom. The summed E-state index contributed by atoms with van der Waals surface area (Å²) in [4.78, 5) is 0. The zero-order valence-electron chi connectivity index (χ0n) is 11.7. The van der Waals surface area contributed by atoms with Crippen LogP contribution in [0.15, 0.2) is 35.7 Å². The molecule has 1 aromatic heterocycles. The molecule has 1 aromatic carbocycles. The lowest BCUT2D eigenvalue weighted by Gasteiger charge is -2.03. The molecule has 0 amide bonds. The first-order valence-corrected chi connectivity index (χ1v) is 7.68. The van der Waals surface area contributed by atoms with E-state index in [4.69, 9.17) is 0 Å². The Morgan fingerprint density at radius 3 is 2.40 bits per heavy atom. The molecule has 6 heteroatoms. The summed E-state index contributed by atoms with van der Waals surface area (Å²) in [5, 5.41) is 5.24. The summed E-state index contributed by atoms with van der Waals surface area (Å²) in [6, 6.07) is 9.29. The van der Waals surface area contributed by atoms with Crippen molar-refractivity contribution in [3.63, 3.8) is 0 Å². The lowest BCUT2D eigenvalue weighted by atomic mass is 10.2. The molecule has 0 aliphatic heterocycles. The topological polar surface area (TPSA) is 64.0 Å². The first-order chi connectivity index (χ1) is 9.35. The molecule has 2 rings (SSSR count).